The number of halogens is 2. The molecule has 0 aromatic heterocycles. The van der Waals surface area contributed by atoms with Crippen LogP contribution in [0.2, 0.25) is 0 Å². The normalized spacial score (nSPS) is 22.0. The molecule has 1 aromatic carbocycles. The van der Waals surface area contributed by atoms with E-state index in [-0.39, 0.29) is 23.9 Å². The van der Waals surface area contributed by atoms with Crippen LogP contribution in [0.25, 0.3) is 0 Å². The van der Waals surface area contributed by atoms with E-state index in [0.29, 0.717) is 12.5 Å². The molecule has 1 heterocycles. The SMILES string of the molecule is CCC1CCCNC1CNC(=O)Cc1ccc(F)cc1F. The molecular weight excluding hydrogens is 274 g/mol. The predicted molar refractivity (Wildman–Crippen MR) is 77.9 cm³/mol. The van der Waals surface area contributed by atoms with E-state index in [1.807, 2.05) is 0 Å². The molecule has 3 nitrogen and oxygen atoms in total. The third-order valence-corrected chi connectivity index (χ3v) is 4.14. The number of hydrogen-bond donors (Lipinski definition) is 2. The predicted octanol–water partition coefficient (Wildman–Crippen LogP) is 2.40. The summed E-state index contributed by atoms with van der Waals surface area (Å²) in [6.45, 7) is 3.68. The first kappa shape index (κ1) is 15.9. The first-order chi connectivity index (χ1) is 10.1. The summed E-state index contributed by atoms with van der Waals surface area (Å²) in [4.78, 5) is 11.9. The number of rotatable bonds is 5. The van der Waals surface area contributed by atoms with Gasteiger partial charge in [-0.3, -0.25) is 4.79 Å². The zero-order valence-corrected chi connectivity index (χ0v) is 12.3. The van der Waals surface area contributed by atoms with Crippen LogP contribution in [0.15, 0.2) is 18.2 Å². The molecule has 0 radical (unpaired) electrons. The zero-order chi connectivity index (χ0) is 15.2. The van der Waals surface area contributed by atoms with Crippen LogP contribution in [-0.4, -0.2) is 25.0 Å². The molecule has 1 aliphatic heterocycles. The highest BCUT2D eigenvalue weighted by molar-refractivity contribution is 5.78. The van der Waals surface area contributed by atoms with Crippen LogP contribution in [0.4, 0.5) is 8.78 Å². The lowest BCUT2D eigenvalue weighted by molar-refractivity contribution is -0.120. The number of amides is 1. The van der Waals surface area contributed by atoms with Gasteiger partial charge >= 0.3 is 0 Å². The average Bonchev–Trinajstić information content (AvgIpc) is 2.48. The summed E-state index contributed by atoms with van der Waals surface area (Å²) < 4.78 is 26.3. The number of hydrogen-bond acceptors (Lipinski definition) is 2. The molecule has 5 heteroatoms. The Hall–Kier alpha value is -1.49. The molecule has 116 valence electrons. The van der Waals surface area contributed by atoms with E-state index < -0.39 is 11.6 Å². The Balaban J connectivity index is 1.84. The fourth-order valence-corrected chi connectivity index (χ4v) is 2.87. The molecule has 1 amide bonds. The van der Waals surface area contributed by atoms with Crippen molar-refractivity contribution in [1.82, 2.24) is 10.6 Å². The van der Waals surface area contributed by atoms with Gasteiger partial charge in [0, 0.05) is 18.7 Å². The highest BCUT2D eigenvalue weighted by atomic mass is 19.1. The van der Waals surface area contributed by atoms with Crippen molar-refractivity contribution in [3.8, 4) is 0 Å². The fourth-order valence-electron chi connectivity index (χ4n) is 2.87. The lowest BCUT2D eigenvalue weighted by Crippen LogP contribution is -2.48. The molecule has 2 atom stereocenters. The molecule has 1 saturated heterocycles. The third kappa shape index (κ3) is 4.49. The summed E-state index contributed by atoms with van der Waals surface area (Å²) in [6, 6.07) is 3.57. The summed E-state index contributed by atoms with van der Waals surface area (Å²) in [7, 11) is 0. The van der Waals surface area contributed by atoms with Gasteiger partial charge < -0.3 is 10.6 Å². The number of benzene rings is 1. The van der Waals surface area contributed by atoms with E-state index in [1.54, 1.807) is 0 Å². The van der Waals surface area contributed by atoms with Crippen LogP contribution in [0.1, 0.15) is 31.7 Å². The van der Waals surface area contributed by atoms with Gasteiger partial charge in [-0.15, -0.1) is 0 Å². The van der Waals surface area contributed by atoms with Gasteiger partial charge in [-0.05, 0) is 36.9 Å². The van der Waals surface area contributed by atoms with Gasteiger partial charge in [-0.1, -0.05) is 19.4 Å². The van der Waals surface area contributed by atoms with Crippen LogP contribution in [0, 0.1) is 17.6 Å². The number of piperidine rings is 1. The summed E-state index contributed by atoms with van der Waals surface area (Å²) in [6.07, 6.45) is 3.37. The number of nitrogens with one attached hydrogen (secondary N) is 2. The second-order valence-electron chi connectivity index (χ2n) is 5.59. The van der Waals surface area contributed by atoms with Gasteiger partial charge in [-0.2, -0.15) is 0 Å². The summed E-state index contributed by atoms with van der Waals surface area (Å²) in [5, 5.41) is 6.26. The molecule has 2 rings (SSSR count). The van der Waals surface area contributed by atoms with Crippen molar-refractivity contribution < 1.29 is 13.6 Å². The van der Waals surface area contributed by atoms with Gasteiger partial charge in [0.15, 0.2) is 0 Å². The summed E-state index contributed by atoms with van der Waals surface area (Å²) in [5.41, 5.74) is 0.220. The molecule has 0 aliphatic carbocycles. The van der Waals surface area contributed by atoms with E-state index in [4.69, 9.17) is 0 Å². The van der Waals surface area contributed by atoms with E-state index in [0.717, 1.165) is 19.0 Å². The van der Waals surface area contributed by atoms with Crippen molar-refractivity contribution in [2.24, 2.45) is 5.92 Å². The lowest BCUT2D eigenvalue weighted by Gasteiger charge is -2.32. The Bertz CT molecular complexity index is 493. The maximum absolute atomic E-state index is 13.5. The van der Waals surface area contributed by atoms with Crippen molar-refractivity contribution in [3.05, 3.63) is 35.4 Å². The Morgan fingerprint density at radius 1 is 1.43 bits per heavy atom. The standard InChI is InChI=1S/C16H22F2N2O/c1-2-11-4-3-7-19-15(11)10-20-16(21)8-12-5-6-13(17)9-14(12)18/h5-6,9,11,15,19H,2-4,7-8,10H2,1H3,(H,20,21). The van der Waals surface area contributed by atoms with Crippen LogP contribution < -0.4 is 10.6 Å². The first-order valence-corrected chi connectivity index (χ1v) is 7.54. The summed E-state index contributed by atoms with van der Waals surface area (Å²) >= 11 is 0. The van der Waals surface area contributed by atoms with E-state index in [1.165, 1.54) is 25.0 Å². The highest BCUT2D eigenvalue weighted by Gasteiger charge is 2.23. The maximum atomic E-state index is 13.5. The Kier molecular flexibility index (Phi) is 5.67. The second-order valence-corrected chi connectivity index (χ2v) is 5.59. The molecular formula is C16H22F2N2O. The molecule has 1 fully saturated rings. The van der Waals surface area contributed by atoms with Gasteiger partial charge in [-0.25, -0.2) is 8.78 Å². The molecule has 0 saturated carbocycles. The van der Waals surface area contributed by atoms with Crippen molar-refractivity contribution in [2.75, 3.05) is 13.1 Å². The molecule has 21 heavy (non-hydrogen) atoms. The van der Waals surface area contributed by atoms with E-state index >= 15 is 0 Å². The van der Waals surface area contributed by atoms with E-state index in [9.17, 15) is 13.6 Å². The maximum Gasteiger partial charge on any atom is 0.224 e. The Morgan fingerprint density at radius 2 is 2.24 bits per heavy atom. The minimum absolute atomic E-state index is 0.0599. The van der Waals surface area contributed by atoms with Crippen LogP contribution in [0.5, 0.6) is 0 Å². The molecule has 0 spiro atoms. The molecule has 2 unspecified atom stereocenters. The minimum Gasteiger partial charge on any atom is -0.354 e. The van der Waals surface area contributed by atoms with E-state index in [2.05, 4.69) is 17.6 Å². The first-order valence-electron chi connectivity index (χ1n) is 7.54. The molecule has 1 aromatic rings. The zero-order valence-electron chi connectivity index (χ0n) is 12.3. The Labute approximate surface area is 124 Å². The fraction of sp³-hybridized carbons (Fsp3) is 0.562. The second kappa shape index (κ2) is 7.50. The summed E-state index contributed by atoms with van der Waals surface area (Å²) in [5.74, 6) is -0.967. The van der Waals surface area contributed by atoms with Crippen LogP contribution in [0.3, 0.4) is 0 Å². The average molecular weight is 296 g/mol. The van der Waals surface area contributed by atoms with Crippen molar-refractivity contribution >= 4 is 5.91 Å². The third-order valence-electron chi connectivity index (χ3n) is 4.14. The van der Waals surface area contributed by atoms with Gasteiger partial charge in [0.05, 0.1) is 6.42 Å². The lowest BCUT2D eigenvalue weighted by atomic mass is 9.88. The molecule has 0 bridgehead atoms. The largest absolute Gasteiger partial charge is 0.354 e. The minimum atomic E-state index is -0.674. The smallest absolute Gasteiger partial charge is 0.224 e. The molecule has 2 N–H and O–H groups in total. The monoisotopic (exact) mass is 296 g/mol. The van der Waals surface area contributed by atoms with Gasteiger partial charge in [0.1, 0.15) is 11.6 Å². The van der Waals surface area contributed by atoms with Crippen LogP contribution in [-0.2, 0) is 11.2 Å². The molecule has 1 aliphatic rings. The van der Waals surface area contributed by atoms with Gasteiger partial charge in [0.2, 0.25) is 5.91 Å². The van der Waals surface area contributed by atoms with Gasteiger partial charge in [0.25, 0.3) is 0 Å². The number of carbonyl (C=O) groups is 1. The highest BCUT2D eigenvalue weighted by Crippen LogP contribution is 2.19. The quantitative estimate of drug-likeness (QED) is 0.876. The topological polar surface area (TPSA) is 41.1 Å². The van der Waals surface area contributed by atoms with Crippen molar-refractivity contribution in [1.29, 1.82) is 0 Å². The van der Waals surface area contributed by atoms with Crippen LogP contribution >= 0.6 is 0 Å². The Morgan fingerprint density at radius 3 is 2.95 bits per heavy atom. The number of carbonyl (C=O) groups excluding carboxylic acids is 1. The van der Waals surface area contributed by atoms with Crippen molar-refractivity contribution in [2.45, 2.75) is 38.6 Å². The van der Waals surface area contributed by atoms with Crippen molar-refractivity contribution in [3.63, 3.8) is 0 Å².